The van der Waals surface area contributed by atoms with Crippen molar-refractivity contribution >= 4 is 35.6 Å². The van der Waals surface area contributed by atoms with E-state index < -0.39 is 41.2 Å². The second kappa shape index (κ2) is 12.4. The van der Waals surface area contributed by atoms with Gasteiger partial charge in [-0.15, -0.1) is 0 Å². The van der Waals surface area contributed by atoms with Crippen LogP contribution < -0.4 is 5.32 Å². The molecule has 0 saturated heterocycles. The Bertz CT molecular complexity index is 682. The van der Waals surface area contributed by atoms with Gasteiger partial charge in [-0.25, -0.2) is 0 Å². The van der Waals surface area contributed by atoms with Crippen LogP contribution in [0.1, 0.15) is 44.9 Å². The highest BCUT2D eigenvalue weighted by atomic mass is 16.5. The molecule has 0 saturated carbocycles. The number of aliphatic carboxylic acids is 3. The Balaban J connectivity index is 2.61. The van der Waals surface area contributed by atoms with Crippen LogP contribution in [0.2, 0.25) is 0 Å². The molecule has 31 heavy (non-hydrogen) atoms. The fraction of sp³-hybridized carbons (Fsp3) is 0.579. The summed E-state index contributed by atoms with van der Waals surface area (Å²) in [6.45, 7) is -0.0387. The normalized spacial score (nSPS) is 13.5. The first-order valence-corrected chi connectivity index (χ1v) is 9.62. The fourth-order valence-electron chi connectivity index (χ4n) is 3.03. The molecule has 12 heteroatoms. The van der Waals surface area contributed by atoms with Gasteiger partial charge in [-0.05, 0) is 19.3 Å². The number of carboxylic acids is 3. The largest absolute Gasteiger partial charge is 0.481 e. The van der Waals surface area contributed by atoms with E-state index in [1.807, 2.05) is 0 Å². The number of amides is 3. The minimum atomic E-state index is -1.30. The average Bonchev–Trinajstić information content (AvgIpc) is 3.00. The first kappa shape index (κ1) is 25.8. The Morgan fingerprint density at radius 2 is 1.26 bits per heavy atom. The van der Waals surface area contributed by atoms with E-state index in [2.05, 4.69) is 5.32 Å². The third kappa shape index (κ3) is 9.85. The van der Waals surface area contributed by atoms with E-state index in [1.165, 1.54) is 0 Å². The molecule has 0 radical (unpaired) electrons. The lowest BCUT2D eigenvalue weighted by atomic mass is 9.83. The molecule has 0 aliphatic carbocycles. The monoisotopic (exact) mass is 442 g/mol. The van der Waals surface area contributed by atoms with Gasteiger partial charge in [-0.1, -0.05) is 0 Å². The summed E-state index contributed by atoms with van der Waals surface area (Å²) in [4.78, 5) is 69.1. The molecule has 0 spiro atoms. The summed E-state index contributed by atoms with van der Waals surface area (Å²) in [6.07, 6.45) is 0.632. The van der Waals surface area contributed by atoms with Gasteiger partial charge in [0.15, 0.2) is 0 Å². The first-order valence-electron chi connectivity index (χ1n) is 9.62. The van der Waals surface area contributed by atoms with Crippen LogP contribution in [-0.2, 0) is 33.5 Å². The van der Waals surface area contributed by atoms with E-state index in [1.54, 1.807) is 0 Å². The molecular formula is C19H26N2O10. The van der Waals surface area contributed by atoms with Crippen molar-refractivity contribution in [2.75, 3.05) is 19.8 Å². The highest BCUT2D eigenvalue weighted by Crippen LogP contribution is 2.26. The molecule has 172 valence electrons. The van der Waals surface area contributed by atoms with Gasteiger partial charge < -0.3 is 25.4 Å². The van der Waals surface area contributed by atoms with Gasteiger partial charge in [-0.2, -0.15) is 0 Å². The highest BCUT2D eigenvalue weighted by Gasteiger charge is 2.33. The van der Waals surface area contributed by atoms with Crippen molar-refractivity contribution in [1.82, 2.24) is 10.2 Å². The molecular weight excluding hydrogens is 416 g/mol. The van der Waals surface area contributed by atoms with Crippen molar-refractivity contribution in [1.29, 1.82) is 0 Å². The molecule has 0 bridgehead atoms. The maximum Gasteiger partial charge on any atom is 0.303 e. The van der Waals surface area contributed by atoms with E-state index in [0.29, 0.717) is 0 Å². The van der Waals surface area contributed by atoms with Gasteiger partial charge in [0, 0.05) is 43.4 Å². The van der Waals surface area contributed by atoms with Gasteiger partial charge in [-0.3, -0.25) is 33.7 Å². The Morgan fingerprint density at radius 1 is 0.806 bits per heavy atom. The zero-order chi connectivity index (χ0) is 23.4. The van der Waals surface area contributed by atoms with Crippen LogP contribution in [0.5, 0.6) is 0 Å². The van der Waals surface area contributed by atoms with Crippen LogP contribution in [0.3, 0.4) is 0 Å². The average molecular weight is 442 g/mol. The molecule has 0 unspecified atom stereocenters. The van der Waals surface area contributed by atoms with E-state index in [0.717, 1.165) is 17.1 Å². The van der Waals surface area contributed by atoms with Crippen molar-refractivity contribution in [2.45, 2.75) is 50.5 Å². The van der Waals surface area contributed by atoms with E-state index in [4.69, 9.17) is 20.1 Å². The number of nitrogens with zero attached hydrogens (tertiary/aromatic N) is 1. The molecule has 1 rings (SSSR count). The zero-order valence-corrected chi connectivity index (χ0v) is 16.9. The fourth-order valence-corrected chi connectivity index (χ4v) is 3.03. The van der Waals surface area contributed by atoms with Crippen LogP contribution in [0.25, 0.3) is 0 Å². The number of nitrogens with one attached hydrogen (secondary N) is 1. The van der Waals surface area contributed by atoms with Crippen LogP contribution >= 0.6 is 0 Å². The van der Waals surface area contributed by atoms with Crippen molar-refractivity contribution in [3.63, 3.8) is 0 Å². The highest BCUT2D eigenvalue weighted by molar-refractivity contribution is 6.12. The number of imide groups is 1. The smallest absolute Gasteiger partial charge is 0.303 e. The van der Waals surface area contributed by atoms with E-state index >= 15 is 0 Å². The number of rotatable bonds is 16. The van der Waals surface area contributed by atoms with Crippen molar-refractivity contribution in [2.24, 2.45) is 0 Å². The summed E-state index contributed by atoms with van der Waals surface area (Å²) < 4.78 is 5.25. The van der Waals surface area contributed by atoms with Crippen LogP contribution in [0, 0.1) is 0 Å². The van der Waals surface area contributed by atoms with Gasteiger partial charge in [0.05, 0.1) is 19.8 Å². The van der Waals surface area contributed by atoms with Crippen molar-refractivity contribution in [3.8, 4) is 0 Å². The summed E-state index contributed by atoms with van der Waals surface area (Å²) >= 11 is 0. The summed E-state index contributed by atoms with van der Waals surface area (Å²) in [5.41, 5.74) is -1.30. The lowest BCUT2D eigenvalue weighted by molar-refractivity contribution is -0.139. The number of hydrogen-bond donors (Lipinski definition) is 4. The maximum absolute atomic E-state index is 12.4. The Morgan fingerprint density at radius 3 is 1.68 bits per heavy atom. The Labute approximate surface area is 177 Å². The molecule has 1 heterocycles. The summed E-state index contributed by atoms with van der Waals surface area (Å²) in [5, 5.41) is 29.5. The van der Waals surface area contributed by atoms with Gasteiger partial charge in [0.25, 0.3) is 11.8 Å². The lowest BCUT2D eigenvalue weighted by Crippen LogP contribution is -2.49. The molecule has 0 fully saturated rings. The number of ether oxygens (including phenoxy) is 1. The zero-order valence-electron chi connectivity index (χ0n) is 16.9. The molecule has 1 aliphatic heterocycles. The Kier molecular flexibility index (Phi) is 10.3. The molecule has 3 amide bonds. The second-order valence-electron chi connectivity index (χ2n) is 7.03. The van der Waals surface area contributed by atoms with Crippen molar-refractivity contribution in [3.05, 3.63) is 12.2 Å². The Hall–Kier alpha value is -3.28. The molecule has 0 aromatic carbocycles. The predicted octanol–water partition coefficient (Wildman–Crippen LogP) is -0.232. The first-order chi connectivity index (χ1) is 14.5. The van der Waals surface area contributed by atoms with Crippen molar-refractivity contribution < 1.29 is 48.8 Å². The number of carboxylic acid groups (broad SMARTS) is 3. The van der Waals surface area contributed by atoms with Gasteiger partial charge in [0.1, 0.15) is 0 Å². The standard InChI is InChI=1S/C19H26N2O10/c22-13(6-11-31-12-10-21-14(23)1-2-15(21)24)20-19(7-3-16(25)26,8-4-17(27)28)9-5-18(29)30/h1-2H,3-12H2,(H,20,22)(H,25,26)(H,27,28)(H,29,30). The second-order valence-corrected chi connectivity index (χ2v) is 7.03. The predicted molar refractivity (Wildman–Crippen MR) is 103 cm³/mol. The maximum atomic E-state index is 12.4. The number of carbonyl (C=O) groups is 6. The van der Waals surface area contributed by atoms with Gasteiger partial charge >= 0.3 is 17.9 Å². The lowest BCUT2D eigenvalue weighted by Gasteiger charge is -2.34. The molecule has 4 N–H and O–H groups in total. The minimum Gasteiger partial charge on any atom is -0.481 e. The topological polar surface area (TPSA) is 188 Å². The number of hydrogen-bond acceptors (Lipinski definition) is 7. The summed E-state index contributed by atoms with van der Waals surface area (Å²) in [7, 11) is 0. The number of carbonyl (C=O) groups excluding carboxylic acids is 3. The summed E-state index contributed by atoms with van der Waals surface area (Å²) in [5.74, 6) is -4.94. The van der Waals surface area contributed by atoms with Crippen LogP contribution in [0.15, 0.2) is 12.2 Å². The van der Waals surface area contributed by atoms with Gasteiger partial charge in [0.2, 0.25) is 5.91 Å². The van der Waals surface area contributed by atoms with Crippen LogP contribution in [0.4, 0.5) is 0 Å². The minimum absolute atomic E-state index is 0.00856. The van der Waals surface area contributed by atoms with E-state index in [-0.39, 0.29) is 64.7 Å². The molecule has 0 aromatic rings. The third-order valence-corrected chi connectivity index (χ3v) is 4.69. The van der Waals surface area contributed by atoms with Crippen LogP contribution in [-0.4, -0.2) is 81.1 Å². The quantitative estimate of drug-likeness (QED) is 0.184. The summed E-state index contributed by atoms with van der Waals surface area (Å²) in [6, 6.07) is 0. The molecule has 0 aromatic heterocycles. The molecule has 0 atom stereocenters. The molecule has 12 nitrogen and oxygen atoms in total. The third-order valence-electron chi connectivity index (χ3n) is 4.69. The SMILES string of the molecule is O=C(O)CCC(CCC(=O)O)(CCC(=O)O)NC(=O)CCOCCN1C(=O)C=CC1=O. The van der Waals surface area contributed by atoms with E-state index in [9.17, 15) is 28.8 Å². The molecule has 1 aliphatic rings.